The van der Waals surface area contributed by atoms with Gasteiger partial charge in [0.1, 0.15) is 5.82 Å². The van der Waals surface area contributed by atoms with Crippen LogP contribution < -0.4 is 10.5 Å². The van der Waals surface area contributed by atoms with Crippen molar-refractivity contribution in [3.8, 4) is 0 Å². The molecule has 3 N–H and O–H groups in total. The van der Waals surface area contributed by atoms with Crippen LogP contribution in [0.25, 0.3) is 11.0 Å². The highest BCUT2D eigenvalue weighted by atomic mass is 32.2. The van der Waals surface area contributed by atoms with Crippen LogP contribution in [0.4, 0.5) is 9.52 Å². The topological polar surface area (TPSA) is 146 Å². The zero-order chi connectivity index (χ0) is 20.6. The van der Waals surface area contributed by atoms with Gasteiger partial charge in [-0.25, -0.2) is 27.6 Å². The van der Waals surface area contributed by atoms with E-state index in [-0.39, 0.29) is 17.4 Å². The van der Waals surface area contributed by atoms with Crippen LogP contribution in [-0.4, -0.2) is 39.3 Å². The van der Waals surface area contributed by atoms with Gasteiger partial charge in [0.05, 0.1) is 11.9 Å². The maximum absolute atomic E-state index is 14.0. The number of nitrogens with one attached hydrogen (secondary N) is 1. The summed E-state index contributed by atoms with van der Waals surface area (Å²) in [6.45, 7) is 0.0713. The lowest BCUT2D eigenvalue weighted by atomic mass is 10.2. The second kappa shape index (κ2) is 7.27. The number of benzene rings is 1. The Hall–Kier alpha value is -3.29. The van der Waals surface area contributed by atoms with Crippen LogP contribution in [0, 0.1) is 5.82 Å². The average Bonchev–Trinajstić information content (AvgIpc) is 3.29. The monoisotopic (exact) mass is 433 g/mol. The number of fused-ring (bicyclic) bond motifs is 1. The highest BCUT2D eigenvalue weighted by Gasteiger charge is 2.21. The van der Waals surface area contributed by atoms with Gasteiger partial charge in [-0.1, -0.05) is 29.5 Å². The van der Waals surface area contributed by atoms with E-state index in [2.05, 4.69) is 25.6 Å². The van der Waals surface area contributed by atoms with Crippen LogP contribution in [0.2, 0.25) is 0 Å². The lowest BCUT2D eigenvalue weighted by molar-refractivity contribution is 0.102. The number of hydrogen-bond acceptors (Lipinski definition) is 8. The molecule has 13 heteroatoms. The van der Waals surface area contributed by atoms with Gasteiger partial charge >= 0.3 is 0 Å². The van der Waals surface area contributed by atoms with Gasteiger partial charge in [0.25, 0.3) is 15.9 Å². The SMILES string of the molecule is NS(=O)(=O)c1nnc(NC(=O)c2nn(Cc3ccccc3F)c3ncccc23)s1. The Balaban J connectivity index is 1.68. The molecular formula is C16H12FN7O3S2. The van der Waals surface area contributed by atoms with Gasteiger partial charge in [-0.15, -0.1) is 10.2 Å². The van der Waals surface area contributed by atoms with Crippen molar-refractivity contribution in [1.29, 1.82) is 0 Å². The summed E-state index contributed by atoms with van der Waals surface area (Å²) in [7, 11) is -4.02. The van der Waals surface area contributed by atoms with Gasteiger partial charge in [0, 0.05) is 11.8 Å². The van der Waals surface area contributed by atoms with Crippen LogP contribution >= 0.6 is 11.3 Å². The van der Waals surface area contributed by atoms with Gasteiger partial charge in [0.2, 0.25) is 9.47 Å². The van der Waals surface area contributed by atoms with E-state index < -0.39 is 26.1 Å². The van der Waals surface area contributed by atoms with Gasteiger partial charge in [-0.05, 0) is 18.2 Å². The summed E-state index contributed by atoms with van der Waals surface area (Å²) in [5, 5.41) is 19.1. The molecule has 0 aliphatic carbocycles. The average molecular weight is 433 g/mol. The molecule has 1 aromatic carbocycles. The highest BCUT2D eigenvalue weighted by Crippen LogP contribution is 2.22. The largest absolute Gasteiger partial charge is 0.295 e. The number of nitrogens with two attached hydrogens (primary N) is 1. The molecule has 4 rings (SSSR count). The third-order valence-corrected chi connectivity index (χ3v) is 6.02. The Morgan fingerprint density at radius 2 is 2.00 bits per heavy atom. The summed E-state index contributed by atoms with van der Waals surface area (Å²) in [6.07, 6.45) is 1.53. The summed E-state index contributed by atoms with van der Waals surface area (Å²) < 4.78 is 37.6. The lowest BCUT2D eigenvalue weighted by Gasteiger charge is -2.04. The number of hydrogen-bond donors (Lipinski definition) is 2. The molecule has 0 aliphatic rings. The maximum Gasteiger partial charge on any atom is 0.278 e. The van der Waals surface area contributed by atoms with Crippen molar-refractivity contribution in [3.63, 3.8) is 0 Å². The van der Waals surface area contributed by atoms with E-state index in [0.29, 0.717) is 27.9 Å². The zero-order valence-electron chi connectivity index (χ0n) is 14.5. The molecule has 0 bridgehead atoms. The fourth-order valence-corrected chi connectivity index (χ4v) is 3.94. The van der Waals surface area contributed by atoms with Gasteiger partial charge in [0.15, 0.2) is 11.3 Å². The van der Waals surface area contributed by atoms with Crippen molar-refractivity contribution in [2.45, 2.75) is 10.9 Å². The molecule has 0 atom stereocenters. The molecule has 29 heavy (non-hydrogen) atoms. The second-order valence-electron chi connectivity index (χ2n) is 5.84. The fraction of sp³-hybridized carbons (Fsp3) is 0.0625. The number of amides is 1. The third-order valence-electron chi connectivity index (χ3n) is 3.87. The van der Waals surface area contributed by atoms with Crippen LogP contribution in [0.5, 0.6) is 0 Å². The van der Waals surface area contributed by atoms with Crippen molar-refractivity contribution >= 4 is 43.4 Å². The Kier molecular flexibility index (Phi) is 4.77. The molecule has 3 aromatic heterocycles. The van der Waals surface area contributed by atoms with Gasteiger partial charge in [-0.2, -0.15) is 5.10 Å². The molecule has 1 amide bonds. The maximum atomic E-state index is 14.0. The first-order valence-electron chi connectivity index (χ1n) is 8.05. The number of nitrogens with zero attached hydrogens (tertiary/aromatic N) is 5. The standard InChI is InChI=1S/C16H12FN7O3S2/c17-11-6-2-1-4-9(11)8-24-13-10(5-3-7-19-13)12(23-24)14(25)20-15-21-22-16(28-15)29(18,26)27/h1-7H,8H2,(H2,18,26,27)(H,20,21,25). The van der Waals surface area contributed by atoms with Crippen LogP contribution in [0.15, 0.2) is 46.9 Å². The molecule has 4 aromatic rings. The summed E-state index contributed by atoms with van der Waals surface area (Å²) in [4.78, 5) is 16.9. The summed E-state index contributed by atoms with van der Waals surface area (Å²) in [5.41, 5.74) is 0.802. The summed E-state index contributed by atoms with van der Waals surface area (Å²) in [6, 6.07) is 9.51. The summed E-state index contributed by atoms with van der Waals surface area (Å²) >= 11 is 0.613. The van der Waals surface area contributed by atoms with E-state index >= 15 is 0 Å². The van der Waals surface area contributed by atoms with Crippen LogP contribution in [0.3, 0.4) is 0 Å². The third kappa shape index (κ3) is 3.83. The molecule has 0 spiro atoms. The molecule has 0 saturated carbocycles. The van der Waals surface area contributed by atoms with Crippen LogP contribution in [0.1, 0.15) is 16.1 Å². The smallest absolute Gasteiger partial charge is 0.278 e. The van der Waals surface area contributed by atoms with E-state index in [1.54, 1.807) is 30.3 Å². The van der Waals surface area contributed by atoms with Gasteiger partial charge < -0.3 is 0 Å². The minimum absolute atomic E-state index is 0.0248. The van der Waals surface area contributed by atoms with Crippen molar-refractivity contribution in [2.75, 3.05) is 5.32 Å². The zero-order valence-corrected chi connectivity index (χ0v) is 16.1. The van der Waals surface area contributed by atoms with E-state index in [1.807, 2.05) is 0 Å². The van der Waals surface area contributed by atoms with E-state index in [1.165, 1.54) is 16.9 Å². The predicted molar refractivity (Wildman–Crippen MR) is 102 cm³/mol. The number of rotatable bonds is 5. The first-order chi connectivity index (χ1) is 13.8. The Bertz CT molecular complexity index is 1330. The van der Waals surface area contributed by atoms with Gasteiger partial charge in [-0.3, -0.25) is 10.1 Å². The molecule has 10 nitrogen and oxygen atoms in total. The molecule has 0 aliphatic heterocycles. The van der Waals surface area contributed by atoms with Crippen molar-refractivity contribution in [2.24, 2.45) is 5.14 Å². The number of primary sulfonamides is 1. The lowest BCUT2D eigenvalue weighted by Crippen LogP contribution is -2.14. The molecule has 0 saturated heterocycles. The fourth-order valence-electron chi connectivity index (χ4n) is 2.61. The minimum Gasteiger partial charge on any atom is -0.295 e. The highest BCUT2D eigenvalue weighted by molar-refractivity contribution is 7.91. The predicted octanol–water partition coefficient (Wildman–Crippen LogP) is 1.37. The number of anilines is 1. The second-order valence-corrected chi connectivity index (χ2v) is 8.56. The number of aromatic nitrogens is 5. The minimum atomic E-state index is -4.02. The molecule has 0 radical (unpaired) electrons. The Morgan fingerprint density at radius 1 is 1.21 bits per heavy atom. The van der Waals surface area contributed by atoms with E-state index in [4.69, 9.17) is 5.14 Å². The molecule has 148 valence electrons. The first-order valence-corrected chi connectivity index (χ1v) is 10.4. The molecule has 0 unspecified atom stereocenters. The van der Waals surface area contributed by atoms with Crippen LogP contribution in [-0.2, 0) is 16.6 Å². The molecular weight excluding hydrogens is 421 g/mol. The first kappa shape index (κ1) is 19.0. The Labute approximate surface area is 167 Å². The van der Waals surface area contributed by atoms with Crippen molar-refractivity contribution in [1.82, 2.24) is 25.0 Å². The number of carbonyl (C=O) groups is 1. The normalized spacial score (nSPS) is 11.7. The van der Waals surface area contributed by atoms with E-state index in [9.17, 15) is 17.6 Å². The number of carbonyl (C=O) groups excluding carboxylic acids is 1. The number of sulfonamides is 1. The van der Waals surface area contributed by atoms with Crippen molar-refractivity contribution < 1.29 is 17.6 Å². The quantitative estimate of drug-likeness (QED) is 0.452. The Morgan fingerprint density at radius 3 is 2.72 bits per heavy atom. The number of pyridine rings is 1. The summed E-state index contributed by atoms with van der Waals surface area (Å²) in [5.74, 6) is -1.05. The molecule has 3 heterocycles. The van der Waals surface area contributed by atoms with E-state index in [0.717, 1.165) is 0 Å². The molecule has 0 fully saturated rings. The van der Waals surface area contributed by atoms with Crippen molar-refractivity contribution in [3.05, 3.63) is 59.7 Å². The number of halogens is 1.